The molecule has 0 saturated carbocycles. The van der Waals surface area contributed by atoms with E-state index in [4.69, 9.17) is 9.47 Å². The molecule has 1 fully saturated rings. The number of aliphatic hydroxyl groups is 3. The topological polar surface area (TPSA) is 147 Å². The maximum absolute atomic E-state index is 11.3. The number of hydrogen-bond acceptors (Lipinski definition) is 8. The lowest BCUT2D eigenvalue weighted by atomic mass is 9.90. The van der Waals surface area contributed by atoms with Crippen molar-refractivity contribution in [3.05, 3.63) is 16.8 Å². The molecular formula is C18H23N3O7. The zero-order valence-electron chi connectivity index (χ0n) is 15.6. The van der Waals surface area contributed by atoms with Crippen molar-refractivity contribution < 1.29 is 34.7 Å². The maximum atomic E-state index is 11.3. The Morgan fingerprint density at radius 1 is 1.14 bits per heavy atom. The second-order valence-electron chi connectivity index (χ2n) is 7.34. The lowest BCUT2D eigenvalue weighted by Gasteiger charge is -2.38. The highest BCUT2D eigenvalue weighted by Crippen LogP contribution is 2.36. The van der Waals surface area contributed by atoms with E-state index >= 15 is 0 Å². The van der Waals surface area contributed by atoms with Gasteiger partial charge in [-0.25, -0.2) is 4.79 Å². The number of hydrogen-bond donors (Lipinski definition) is 4. The molecule has 5 atom stereocenters. The lowest BCUT2D eigenvalue weighted by molar-refractivity contribution is -0.271. The van der Waals surface area contributed by atoms with Crippen LogP contribution in [0.2, 0.25) is 0 Å². The Morgan fingerprint density at radius 3 is 2.50 bits per heavy atom. The van der Waals surface area contributed by atoms with Crippen molar-refractivity contribution in [1.29, 1.82) is 0 Å². The normalized spacial score (nSPS) is 30.2. The minimum atomic E-state index is -1.77. The summed E-state index contributed by atoms with van der Waals surface area (Å²) < 4.78 is 12.7. The number of nitrogens with zero attached hydrogens (tertiary/aromatic N) is 3. The summed E-state index contributed by atoms with van der Waals surface area (Å²) in [6.07, 6.45) is -4.79. The molecule has 28 heavy (non-hydrogen) atoms. The molecule has 2 aliphatic rings. The van der Waals surface area contributed by atoms with Gasteiger partial charge < -0.3 is 29.9 Å². The summed E-state index contributed by atoms with van der Waals surface area (Å²) in [5.74, 6) is -1.23. The Labute approximate surface area is 160 Å². The van der Waals surface area contributed by atoms with Crippen LogP contribution in [0.25, 0.3) is 11.0 Å². The predicted octanol–water partition coefficient (Wildman–Crippen LogP) is -0.573. The first kappa shape index (κ1) is 19.1. The number of rotatable bonds is 3. The van der Waals surface area contributed by atoms with E-state index in [1.54, 1.807) is 11.7 Å². The quantitative estimate of drug-likeness (QED) is 0.538. The van der Waals surface area contributed by atoms with Crippen LogP contribution < -0.4 is 4.74 Å². The number of ether oxygens (including phenoxy) is 2. The molecular weight excluding hydrogens is 370 g/mol. The molecule has 4 rings (SSSR count). The van der Waals surface area contributed by atoms with Crippen LogP contribution in [-0.4, -0.2) is 71.9 Å². The van der Waals surface area contributed by atoms with E-state index in [1.165, 1.54) is 0 Å². The smallest absolute Gasteiger partial charge is 0.335 e. The van der Waals surface area contributed by atoms with Crippen molar-refractivity contribution in [3.63, 3.8) is 0 Å². The summed E-state index contributed by atoms with van der Waals surface area (Å²) >= 11 is 0. The summed E-state index contributed by atoms with van der Waals surface area (Å²) in [4.78, 5) is 15.9. The highest BCUT2D eigenvalue weighted by atomic mass is 16.7. The van der Waals surface area contributed by atoms with Gasteiger partial charge in [0.15, 0.2) is 11.8 Å². The number of aliphatic hydroxyl groups excluding tert-OH is 3. The molecule has 10 nitrogen and oxygen atoms in total. The molecule has 2 aromatic heterocycles. The van der Waals surface area contributed by atoms with E-state index in [0.717, 1.165) is 47.9 Å². The van der Waals surface area contributed by atoms with E-state index < -0.39 is 36.7 Å². The van der Waals surface area contributed by atoms with Gasteiger partial charge in [-0.1, -0.05) is 0 Å². The van der Waals surface area contributed by atoms with E-state index in [2.05, 4.69) is 10.1 Å². The number of pyridine rings is 1. The van der Waals surface area contributed by atoms with Gasteiger partial charge in [-0.2, -0.15) is 10.1 Å². The van der Waals surface area contributed by atoms with Gasteiger partial charge >= 0.3 is 5.97 Å². The average molecular weight is 393 g/mol. The number of fused-ring (bicyclic) bond motifs is 3. The third kappa shape index (κ3) is 2.93. The van der Waals surface area contributed by atoms with Crippen LogP contribution in [0.3, 0.4) is 0 Å². The van der Waals surface area contributed by atoms with Gasteiger partial charge in [0.25, 0.3) is 0 Å². The number of carboxylic acids is 1. The van der Waals surface area contributed by atoms with Crippen molar-refractivity contribution in [2.45, 2.75) is 63.3 Å². The number of aliphatic carboxylic acids is 1. The third-order valence-electron chi connectivity index (χ3n) is 5.47. The summed E-state index contributed by atoms with van der Waals surface area (Å²) in [6, 6.07) is 0. The van der Waals surface area contributed by atoms with Crippen LogP contribution in [0, 0.1) is 6.92 Å². The lowest BCUT2D eigenvalue weighted by Crippen LogP contribution is -2.61. The van der Waals surface area contributed by atoms with Crippen molar-refractivity contribution >= 4 is 17.0 Å². The molecule has 1 aliphatic carbocycles. The highest BCUT2D eigenvalue weighted by molar-refractivity contribution is 5.84. The van der Waals surface area contributed by atoms with Gasteiger partial charge in [0.05, 0.1) is 5.69 Å². The standard InChI is InChI=1S/C18H23N3O7/c1-7-10-8-5-3-4-6-9(8)16(19-15(10)21(2)20-7)28-18-13(24)11(22)12(23)14(27-18)17(25)26/h11-14,18,22-24H,3-6H2,1-2H3,(H,25,26)/t11-,12-,13+,14-,18-/m0/s1. The van der Waals surface area contributed by atoms with Crippen molar-refractivity contribution in [3.8, 4) is 5.88 Å². The molecule has 0 bridgehead atoms. The molecule has 2 aromatic rings. The zero-order valence-corrected chi connectivity index (χ0v) is 15.6. The second-order valence-corrected chi connectivity index (χ2v) is 7.34. The minimum Gasteiger partial charge on any atom is -0.479 e. The Morgan fingerprint density at radius 2 is 1.82 bits per heavy atom. The number of aromatic nitrogens is 3. The second kappa shape index (κ2) is 6.96. The first-order valence-electron chi connectivity index (χ1n) is 9.23. The predicted molar refractivity (Wildman–Crippen MR) is 94.8 cm³/mol. The number of carboxylic acid groups (broad SMARTS) is 1. The van der Waals surface area contributed by atoms with Gasteiger partial charge in [-0.15, -0.1) is 0 Å². The molecule has 0 aromatic carbocycles. The molecule has 0 amide bonds. The molecule has 0 unspecified atom stereocenters. The Bertz CT molecular complexity index is 928. The largest absolute Gasteiger partial charge is 0.479 e. The van der Waals surface area contributed by atoms with Crippen LogP contribution in [0.15, 0.2) is 0 Å². The van der Waals surface area contributed by atoms with E-state index in [9.17, 15) is 25.2 Å². The zero-order chi connectivity index (χ0) is 20.2. The van der Waals surface area contributed by atoms with Gasteiger partial charge in [-0.05, 0) is 38.2 Å². The summed E-state index contributed by atoms with van der Waals surface area (Å²) in [6.45, 7) is 1.92. The van der Waals surface area contributed by atoms with Crippen LogP contribution in [-0.2, 0) is 29.4 Å². The van der Waals surface area contributed by atoms with E-state index in [0.29, 0.717) is 5.65 Å². The molecule has 152 valence electrons. The van der Waals surface area contributed by atoms with Gasteiger partial charge in [0.2, 0.25) is 12.2 Å². The SMILES string of the molecule is Cc1nn(C)c2nc(O[C@@H]3O[C@H](C(=O)O)[C@@H](O)[C@H](O)[C@H]3O)c3c(c12)CCCC3. The fourth-order valence-corrected chi connectivity index (χ4v) is 4.07. The highest BCUT2D eigenvalue weighted by Gasteiger charge is 2.48. The van der Waals surface area contributed by atoms with E-state index in [-0.39, 0.29) is 5.88 Å². The van der Waals surface area contributed by atoms with Crippen LogP contribution >= 0.6 is 0 Å². The first-order valence-corrected chi connectivity index (χ1v) is 9.23. The summed E-state index contributed by atoms with van der Waals surface area (Å²) in [5.41, 5.74) is 3.44. The maximum Gasteiger partial charge on any atom is 0.335 e. The molecule has 1 saturated heterocycles. The number of aryl methyl sites for hydroxylation is 3. The van der Waals surface area contributed by atoms with Crippen molar-refractivity contribution in [1.82, 2.24) is 14.8 Å². The monoisotopic (exact) mass is 393 g/mol. The van der Waals surface area contributed by atoms with Crippen LogP contribution in [0.5, 0.6) is 5.88 Å². The first-order chi connectivity index (χ1) is 13.3. The third-order valence-corrected chi connectivity index (χ3v) is 5.47. The summed E-state index contributed by atoms with van der Waals surface area (Å²) in [7, 11) is 1.77. The average Bonchev–Trinajstić information content (AvgIpc) is 2.95. The minimum absolute atomic E-state index is 0.224. The van der Waals surface area contributed by atoms with Crippen molar-refractivity contribution in [2.24, 2.45) is 7.05 Å². The Balaban J connectivity index is 1.75. The Hall–Kier alpha value is -2.27. The fourth-order valence-electron chi connectivity index (χ4n) is 4.07. The van der Waals surface area contributed by atoms with Crippen LogP contribution in [0.1, 0.15) is 29.7 Å². The fraction of sp³-hybridized carbons (Fsp3) is 0.611. The van der Waals surface area contributed by atoms with E-state index in [1.807, 2.05) is 6.92 Å². The van der Waals surface area contributed by atoms with Gasteiger partial charge in [-0.3, -0.25) is 4.68 Å². The molecule has 3 heterocycles. The molecule has 10 heteroatoms. The molecule has 0 spiro atoms. The number of carbonyl (C=O) groups is 1. The van der Waals surface area contributed by atoms with Gasteiger partial charge in [0.1, 0.15) is 18.3 Å². The molecule has 4 N–H and O–H groups in total. The summed E-state index contributed by atoms with van der Waals surface area (Å²) in [5, 5.41) is 44.7. The van der Waals surface area contributed by atoms with Crippen LogP contribution in [0.4, 0.5) is 0 Å². The Kier molecular flexibility index (Phi) is 4.74. The molecule has 0 radical (unpaired) electrons. The van der Waals surface area contributed by atoms with Gasteiger partial charge in [0, 0.05) is 18.0 Å². The van der Waals surface area contributed by atoms with Crippen molar-refractivity contribution in [2.75, 3.05) is 0 Å². The molecule has 1 aliphatic heterocycles.